The largest absolute Gasteiger partial charge is 0.379 e. The molecule has 2 aliphatic heterocycles. The summed E-state index contributed by atoms with van der Waals surface area (Å²) in [5.74, 6) is 1.85. The third kappa shape index (κ3) is 5.04. The lowest BCUT2D eigenvalue weighted by atomic mass is 9.68. The SMILES string of the molecule is CCC(CC)C(CNC(=NC)N1CCC2(CCC2)C1)N1CCOCC1.I. The van der Waals surface area contributed by atoms with E-state index in [-0.39, 0.29) is 24.0 Å². The first-order valence-electron chi connectivity index (χ1n) is 10.5. The molecule has 0 radical (unpaired) electrons. The number of hydrogen-bond acceptors (Lipinski definition) is 3. The third-order valence-electron chi connectivity index (χ3n) is 6.94. The minimum atomic E-state index is 0. The molecular formula is C20H39IN4O. The Labute approximate surface area is 177 Å². The monoisotopic (exact) mass is 478 g/mol. The summed E-state index contributed by atoms with van der Waals surface area (Å²) in [6, 6.07) is 0.580. The van der Waals surface area contributed by atoms with E-state index in [1.165, 1.54) is 51.6 Å². The Kier molecular flexibility index (Phi) is 8.94. The molecule has 26 heavy (non-hydrogen) atoms. The molecule has 3 aliphatic rings. The van der Waals surface area contributed by atoms with Crippen molar-refractivity contribution < 1.29 is 4.74 Å². The van der Waals surface area contributed by atoms with Crippen molar-refractivity contribution in [3.63, 3.8) is 0 Å². The highest BCUT2D eigenvalue weighted by Gasteiger charge is 2.43. The Hall–Kier alpha value is -0.0800. The number of hydrogen-bond donors (Lipinski definition) is 1. The van der Waals surface area contributed by atoms with E-state index in [1.807, 2.05) is 7.05 Å². The standard InChI is InChI=1S/C20H38N4O.HI/c1-4-17(5-2)18(23-11-13-25-14-12-23)15-22-19(21-3)24-10-9-20(16-24)7-6-8-20;/h17-18H,4-16H2,1-3H3,(H,21,22);1H. The third-order valence-corrected chi connectivity index (χ3v) is 6.94. The lowest BCUT2D eigenvalue weighted by molar-refractivity contribution is 0.00259. The van der Waals surface area contributed by atoms with Crippen molar-refractivity contribution in [1.82, 2.24) is 15.1 Å². The molecule has 3 rings (SSSR count). The molecule has 1 saturated carbocycles. The normalized spacial score (nSPS) is 24.5. The van der Waals surface area contributed by atoms with Gasteiger partial charge in [-0.1, -0.05) is 33.1 Å². The van der Waals surface area contributed by atoms with E-state index in [0.717, 1.165) is 44.7 Å². The molecule has 3 fully saturated rings. The van der Waals surface area contributed by atoms with Crippen molar-refractivity contribution >= 4 is 29.9 Å². The Balaban J connectivity index is 0.00000243. The van der Waals surface area contributed by atoms with Gasteiger partial charge >= 0.3 is 0 Å². The second kappa shape index (κ2) is 10.5. The zero-order chi connectivity index (χ0) is 17.7. The molecule has 2 heterocycles. The molecule has 0 aromatic rings. The number of nitrogens with zero attached hydrogens (tertiary/aromatic N) is 3. The van der Waals surface area contributed by atoms with E-state index in [1.54, 1.807) is 0 Å². The Morgan fingerprint density at radius 1 is 1.12 bits per heavy atom. The molecule has 0 amide bonds. The maximum Gasteiger partial charge on any atom is 0.193 e. The summed E-state index contributed by atoms with van der Waals surface area (Å²) < 4.78 is 5.57. The number of ether oxygens (including phenoxy) is 1. The summed E-state index contributed by atoms with van der Waals surface area (Å²) in [5, 5.41) is 3.74. The van der Waals surface area contributed by atoms with Gasteiger partial charge < -0.3 is 15.0 Å². The minimum Gasteiger partial charge on any atom is -0.379 e. The van der Waals surface area contributed by atoms with Gasteiger partial charge in [-0.05, 0) is 30.6 Å². The second-order valence-corrected chi connectivity index (χ2v) is 8.25. The van der Waals surface area contributed by atoms with Crippen LogP contribution in [0.15, 0.2) is 4.99 Å². The number of nitrogens with one attached hydrogen (secondary N) is 1. The highest BCUT2D eigenvalue weighted by Crippen LogP contribution is 2.47. The van der Waals surface area contributed by atoms with E-state index < -0.39 is 0 Å². The topological polar surface area (TPSA) is 40.1 Å². The van der Waals surface area contributed by atoms with Crippen molar-refractivity contribution in [3.8, 4) is 0 Å². The van der Waals surface area contributed by atoms with Crippen LogP contribution in [0.5, 0.6) is 0 Å². The van der Waals surface area contributed by atoms with Crippen molar-refractivity contribution in [2.45, 2.75) is 58.4 Å². The summed E-state index contributed by atoms with van der Waals surface area (Å²) >= 11 is 0. The summed E-state index contributed by atoms with van der Waals surface area (Å²) in [6.07, 6.45) is 8.10. The zero-order valence-corrected chi connectivity index (χ0v) is 19.3. The average Bonchev–Trinajstić information content (AvgIpc) is 3.08. The first kappa shape index (κ1) is 22.2. The fraction of sp³-hybridized carbons (Fsp3) is 0.950. The van der Waals surface area contributed by atoms with Crippen LogP contribution in [0.25, 0.3) is 0 Å². The van der Waals surface area contributed by atoms with Crippen LogP contribution < -0.4 is 5.32 Å². The molecule has 152 valence electrons. The van der Waals surface area contributed by atoms with Gasteiger partial charge in [0.2, 0.25) is 0 Å². The van der Waals surface area contributed by atoms with Gasteiger partial charge in [-0.15, -0.1) is 24.0 Å². The zero-order valence-electron chi connectivity index (χ0n) is 17.0. The molecule has 1 unspecified atom stereocenters. The van der Waals surface area contributed by atoms with Crippen LogP contribution in [-0.4, -0.2) is 74.8 Å². The van der Waals surface area contributed by atoms with Gasteiger partial charge in [-0.3, -0.25) is 9.89 Å². The first-order chi connectivity index (χ1) is 12.2. The molecule has 1 N–H and O–H groups in total. The molecule has 0 bridgehead atoms. The van der Waals surface area contributed by atoms with Gasteiger partial charge in [0.1, 0.15) is 0 Å². The molecule has 1 atom stereocenters. The maximum atomic E-state index is 5.57. The highest BCUT2D eigenvalue weighted by molar-refractivity contribution is 14.0. The van der Waals surface area contributed by atoms with E-state index in [4.69, 9.17) is 4.74 Å². The molecule has 1 spiro atoms. The van der Waals surface area contributed by atoms with Crippen LogP contribution >= 0.6 is 24.0 Å². The van der Waals surface area contributed by atoms with Gasteiger partial charge in [-0.25, -0.2) is 0 Å². The van der Waals surface area contributed by atoms with E-state index in [2.05, 4.69) is 34.0 Å². The lowest BCUT2D eigenvalue weighted by Gasteiger charge is -2.40. The van der Waals surface area contributed by atoms with E-state index in [9.17, 15) is 0 Å². The molecular weight excluding hydrogens is 439 g/mol. The fourth-order valence-corrected chi connectivity index (χ4v) is 5.06. The molecule has 2 saturated heterocycles. The Morgan fingerprint density at radius 3 is 2.31 bits per heavy atom. The number of halogens is 1. The van der Waals surface area contributed by atoms with Gasteiger partial charge in [0.05, 0.1) is 13.2 Å². The van der Waals surface area contributed by atoms with Crippen LogP contribution in [-0.2, 0) is 4.74 Å². The fourth-order valence-electron chi connectivity index (χ4n) is 5.06. The average molecular weight is 478 g/mol. The molecule has 0 aromatic carbocycles. The first-order valence-corrected chi connectivity index (χ1v) is 10.5. The van der Waals surface area contributed by atoms with Crippen LogP contribution in [0.2, 0.25) is 0 Å². The second-order valence-electron chi connectivity index (χ2n) is 8.25. The van der Waals surface area contributed by atoms with Crippen molar-refractivity contribution in [2.24, 2.45) is 16.3 Å². The Bertz CT molecular complexity index is 445. The summed E-state index contributed by atoms with van der Waals surface area (Å²) in [5.41, 5.74) is 0.622. The summed E-state index contributed by atoms with van der Waals surface area (Å²) in [6.45, 7) is 11.9. The number of aliphatic imine (C=N–C) groups is 1. The van der Waals surface area contributed by atoms with Gasteiger partial charge in [0.25, 0.3) is 0 Å². The number of guanidine groups is 1. The van der Waals surface area contributed by atoms with Crippen LogP contribution in [0, 0.1) is 11.3 Å². The molecule has 1 aliphatic carbocycles. The number of likely N-dealkylation sites (tertiary alicyclic amines) is 1. The molecule has 5 nitrogen and oxygen atoms in total. The maximum absolute atomic E-state index is 5.57. The predicted octanol–water partition coefficient (Wildman–Crippen LogP) is 3.19. The number of rotatable bonds is 6. The smallest absolute Gasteiger partial charge is 0.193 e. The van der Waals surface area contributed by atoms with Crippen LogP contribution in [0.3, 0.4) is 0 Å². The van der Waals surface area contributed by atoms with Crippen molar-refractivity contribution in [2.75, 3.05) is 53.0 Å². The van der Waals surface area contributed by atoms with E-state index in [0.29, 0.717) is 11.5 Å². The van der Waals surface area contributed by atoms with Crippen LogP contribution in [0.4, 0.5) is 0 Å². The van der Waals surface area contributed by atoms with E-state index >= 15 is 0 Å². The highest BCUT2D eigenvalue weighted by atomic mass is 127. The summed E-state index contributed by atoms with van der Waals surface area (Å²) in [7, 11) is 1.94. The van der Waals surface area contributed by atoms with Crippen molar-refractivity contribution in [1.29, 1.82) is 0 Å². The van der Waals surface area contributed by atoms with Crippen LogP contribution in [0.1, 0.15) is 52.4 Å². The molecule has 0 aromatic heterocycles. The Morgan fingerprint density at radius 2 is 1.81 bits per heavy atom. The minimum absolute atomic E-state index is 0. The summed E-state index contributed by atoms with van der Waals surface area (Å²) in [4.78, 5) is 9.75. The van der Waals surface area contributed by atoms with Gasteiger partial charge in [-0.2, -0.15) is 0 Å². The predicted molar refractivity (Wildman–Crippen MR) is 120 cm³/mol. The quantitative estimate of drug-likeness (QED) is 0.362. The lowest BCUT2D eigenvalue weighted by Crippen LogP contribution is -2.53. The number of morpholine rings is 1. The van der Waals surface area contributed by atoms with Gasteiger partial charge in [0.15, 0.2) is 5.96 Å². The van der Waals surface area contributed by atoms with Crippen molar-refractivity contribution in [3.05, 3.63) is 0 Å². The van der Waals surface area contributed by atoms with Gasteiger partial charge in [0, 0.05) is 45.8 Å². The molecule has 6 heteroatoms.